The third-order valence-electron chi connectivity index (χ3n) is 6.56. The summed E-state index contributed by atoms with van der Waals surface area (Å²) in [5.41, 5.74) is 16.6. The zero-order valence-electron chi connectivity index (χ0n) is 24.7. The maximum absolute atomic E-state index is 13.4. The van der Waals surface area contributed by atoms with Crippen molar-refractivity contribution in [2.75, 3.05) is 6.61 Å². The van der Waals surface area contributed by atoms with E-state index in [2.05, 4.69) is 21.3 Å². The predicted molar refractivity (Wildman–Crippen MR) is 157 cm³/mol. The fourth-order valence-electron chi connectivity index (χ4n) is 3.97. The molecule has 0 aromatic heterocycles. The Morgan fingerprint density at radius 2 is 1.43 bits per heavy atom. The van der Waals surface area contributed by atoms with E-state index in [4.69, 9.17) is 22.3 Å². The lowest BCUT2D eigenvalue weighted by Crippen LogP contribution is -2.58. The number of nitrogens with one attached hydrogen (secondary N) is 4. The molecule has 44 heavy (non-hydrogen) atoms. The van der Waals surface area contributed by atoms with Crippen molar-refractivity contribution >= 4 is 41.7 Å². The van der Waals surface area contributed by atoms with Crippen LogP contribution in [0.15, 0.2) is 30.3 Å². The Hall–Kier alpha value is -4.41. The zero-order chi connectivity index (χ0) is 33.4. The molecule has 0 aliphatic carbocycles. The molecule has 2 unspecified atom stereocenters. The molecule has 0 saturated heterocycles. The lowest BCUT2D eigenvalue weighted by molar-refractivity contribution is -0.135. The lowest BCUT2D eigenvalue weighted by atomic mass is 9.97. The summed E-state index contributed by atoms with van der Waals surface area (Å²) in [6.07, 6.45) is -2.66. The summed E-state index contributed by atoms with van der Waals surface area (Å²) >= 11 is 0. The number of nitrogens with two attached hydrogens (primary N) is 3. The number of carbonyl (C=O) groups is 7. The van der Waals surface area contributed by atoms with E-state index in [-0.39, 0.29) is 25.2 Å². The highest BCUT2D eigenvalue weighted by atomic mass is 16.3. The Morgan fingerprint density at radius 3 is 1.95 bits per heavy atom. The van der Waals surface area contributed by atoms with Gasteiger partial charge in [0.15, 0.2) is 0 Å². The maximum atomic E-state index is 13.4. The first-order valence-corrected chi connectivity index (χ1v) is 14.0. The zero-order valence-corrected chi connectivity index (χ0v) is 24.7. The fourth-order valence-corrected chi connectivity index (χ4v) is 3.97. The Kier molecular flexibility index (Phi) is 16.2. The number of aldehydes is 1. The van der Waals surface area contributed by atoms with Gasteiger partial charge in [0.2, 0.25) is 35.4 Å². The van der Waals surface area contributed by atoms with Gasteiger partial charge in [-0.25, -0.2) is 0 Å². The molecule has 244 valence electrons. The standard InChI is InChI=1S/C28H43N7O9/c1-15(2)21(14-37)32-25(41)12-22(38)19(10-16-6-4-3-5-7-16)34-28(44)20(11-24(31)40)35-27(43)18(8-9-23(30)39)33-26(42)17(29)13-36/h3-7,14-15,17-22,36,38H,8-13,29H2,1-2H3,(H2,30,39)(H2,31,40)(H,32,41)(H,33,42)(H,34,44)(H,35,43)/t17-,18-,19?,20-,21?,22-/m0/s1. The van der Waals surface area contributed by atoms with Crippen molar-refractivity contribution in [3.8, 4) is 0 Å². The quantitative estimate of drug-likeness (QED) is 0.0641. The van der Waals surface area contributed by atoms with Crippen LogP contribution in [0.4, 0.5) is 0 Å². The van der Waals surface area contributed by atoms with Gasteiger partial charge in [0.1, 0.15) is 24.4 Å². The van der Waals surface area contributed by atoms with Gasteiger partial charge in [-0.3, -0.25) is 28.8 Å². The number of aliphatic hydroxyl groups excluding tert-OH is 2. The van der Waals surface area contributed by atoms with Crippen molar-refractivity contribution in [3.63, 3.8) is 0 Å². The van der Waals surface area contributed by atoms with Crippen LogP contribution in [0.25, 0.3) is 0 Å². The number of rotatable bonds is 20. The molecular weight excluding hydrogens is 578 g/mol. The third kappa shape index (κ3) is 13.7. The fraction of sp³-hybridized carbons (Fsp3) is 0.536. The monoisotopic (exact) mass is 621 g/mol. The van der Waals surface area contributed by atoms with Gasteiger partial charge in [-0.15, -0.1) is 0 Å². The average Bonchev–Trinajstić information content (AvgIpc) is 2.96. The Balaban J connectivity index is 3.20. The highest BCUT2D eigenvalue weighted by molar-refractivity contribution is 5.95. The topological polar surface area (TPSA) is 286 Å². The number of hydrogen-bond donors (Lipinski definition) is 9. The number of aliphatic hydroxyl groups is 2. The van der Waals surface area contributed by atoms with Crippen molar-refractivity contribution in [2.45, 2.75) is 82.3 Å². The lowest BCUT2D eigenvalue weighted by Gasteiger charge is -2.28. The van der Waals surface area contributed by atoms with E-state index in [0.29, 0.717) is 11.8 Å². The van der Waals surface area contributed by atoms with Crippen LogP contribution in [0.5, 0.6) is 0 Å². The molecule has 0 radical (unpaired) electrons. The minimum atomic E-state index is -1.60. The molecule has 0 bridgehead atoms. The highest BCUT2D eigenvalue weighted by Crippen LogP contribution is 2.11. The van der Waals surface area contributed by atoms with Gasteiger partial charge in [0, 0.05) is 6.42 Å². The molecule has 12 N–H and O–H groups in total. The summed E-state index contributed by atoms with van der Waals surface area (Å²) in [6, 6.07) is 2.34. The number of primary amides is 2. The maximum Gasteiger partial charge on any atom is 0.243 e. The van der Waals surface area contributed by atoms with E-state index in [1.54, 1.807) is 44.2 Å². The van der Waals surface area contributed by atoms with Crippen LogP contribution in [-0.4, -0.2) is 94.9 Å². The van der Waals surface area contributed by atoms with E-state index >= 15 is 0 Å². The van der Waals surface area contributed by atoms with E-state index in [0.717, 1.165) is 0 Å². The first-order valence-electron chi connectivity index (χ1n) is 14.0. The van der Waals surface area contributed by atoms with E-state index in [9.17, 15) is 38.7 Å². The molecule has 16 heteroatoms. The molecule has 0 aliphatic heterocycles. The molecular formula is C28H43N7O9. The van der Waals surface area contributed by atoms with E-state index in [1.807, 2.05) is 0 Å². The van der Waals surface area contributed by atoms with Gasteiger partial charge >= 0.3 is 0 Å². The van der Waals surface area contributed by atoms with E-state index < -0.39 is 91.2 Å². The molecule has 6 amide bonds. The van der Waals surface area contributed by atoms with Gasteiger partial charge in [-0.2, -0.15) is 0 Å². The Bertz CT molecular complexity index is 1150. The molecule has 16 nitrogen and oxygen atoms in total. The van der Waals surface area contributed by atoms with Crippen LogP contribution in [0, 0.1) is 5.92 Å². The molecule has 1 aromatic carbocycles. The Labute approximate surface area is 254 Å². The summed E-state index contributed by atoms with van der Waals surface area (Å²) in [4.78, 5) is 85.7. The van der Waals surface area contributed by atoms with Crippen LogP contribution in [0.3, 0.4) is 0 Å². The molecule has 1 rings (SSSR count). The molecule has 0 fully saturated rings. The smallest absolute Gasteiger partial charge is 0.243 e. The summed E-state index contributed by atoms with van der Waals surface area (Å²) in [5, 5.41) is 29.7. The molecule has 0 spiro atoms. The van der Waals surface area contributed by atoms with Crippen molar-refractivity contribution in [3.05, 3.63) is 35.9 Å². The third-order valence-corrected chi connectivity index (χ3v) is 6.56. The minimum Gasteiger partial charge on any atom is -0.394 e. The summed E-state index contributed by atoms with van der Waals surface area (Å²) < 4.78 is 0. The molecule has 1 aromatic rings. The molecule has 6 atom stereocenters. The highest BCUT2D eigenvalue weighted by Gasteiger charge is 2.32. The number of benzene rings is 1. The Morgan fingerprint density at radius 1 is 0.841 bits per heavy atom. The van der Waals surface area contributed by atoms with Crippen LogP contribution >= 0.6 is 0 Å². The van der Waals surface area contributed by atoms with E-state index in [1.165, 1.54) is 0 Å². The van der Waals surface area contributed by atoms with Gasteiger partial charge in [-0.05, 0) is 24.3 Å². The molecule has 0 saturated carbocycles. The first kappa shape index (κ1) is 37.6. The van der Waals surface area contributed by atoms with Crippen LogP contribution < -0.4 is 38.5 Å². The predicted octanol–water partition coefficient (Wildman–Crippen LogP) is -3.77. The number of hydrogen-bond acceptors (Lipinski definition) is 10. The van der Waals surface area contributed by atoms with Crippen molar-refractivity contribution in [2.24, 2.45) is 23.1 Å². The minimum absolute atomic E-state index is 0.0376. The second-order valence-electron chi connectivity index (χ2n) is 10.6. The number of carbonyl (C=O) groups excluding carboxylic acids is 7. The average molecular weight is 622 g/mol. The van der Waals surface area contributed by atoms with Crippen molar-refractivity contribution in [1.29, 1.82) is 0 Å². The molecule has 0 heterocycles. The largest absolute Gasteiger partial charge is 0.394 e. The summed E-state index contributed by atoms with van der Waals surface area (Å²) in [5.74, 6) is -5.47. The second-order valence-corrected chi connectivity index (χ2v) is 10.6. The van der Waals surface area contributed by atoms with Crippen LogP contribution in [-0.2, 0) is 40.0 Å². The van der Waals surface area contributed by atoms with Crippen molar-refractivity contribution in [1.82, 2.24) is 21.3 Å². The van der Waals surface area contributed by atoms with Gasteiger partial charge in [0.05, 0.1) is 37.6 Å². The van der Waals surface area contributed by atoms with Gasteiger partial charge < -0.3 is 53.5 Å². The second kappa shape index (κ2) is 19.0. The van der Waals surface area contributed by atoms with Crippen LogP contribution in [0.1, 0.15) is 45.1 Å². The van der Waals surface area contributed by atoms with Gasteiger partial charge in [0.25, 0.3) is 0 Å². The normalized spacial score (nSPS) is 15.0. The number of amides is 6. The molecule has 0 aliphatic rings. The summed E-state index contributed by atoms with van der Waals surface area (Å²) in [6.45, 7) is 2.72. The first-order chi connectivity index (χ1) is 20.7. The van der Waals surface area contributed by atoms with Crippen LogP contribution in [0.2, 0.25) is 0 Å². The van der Waals surface area contributed by atoms with Crippen molar-refractivity contribution < 1.29 is 43.8 Å². The summed E-state index contributed by atoms with van der Waals surface area (Å²) in [7, 11) is 0. The SMILES string of the molecule is CC(C)C(C=O)NC(=O)C[C@H](O)C(Cc1ccccc1)NC(=O)[C@H](CC(N)=O)NC(=O)[C@H](CCC(N)=O)NC(=O)[C@@H](N)CO. The van der Waals surface area contributed by atoms with Gasteiger partial charge in [-0.1, -0.05) is 44.2 Å².